The van der Waals surface area contributed by atoms with Gasteiger partial charge in [0.05, 0.1) is 40.9 Å². The zero-order chi connectivity index (χ0) is 32.0. The molecule has 0 saturated carbocycles. The topological polar surface area (TPSA) is 72.9 Å². The summed E-state index contributed by atoms with van der Waals surface area (Å²) in [5.41, 5.74) is -6.09. The fourth-order valence-electron chi connectivity index (χ4n) is 4.65. The van der Waals surface area contributed by atoms with Gasteiger partial charge >= 0.3 is 12.4 Å². The van der Waals surface area contributed by atoms with Crippen LogP contribution in [-0.4, -0.2) is 45.5 Å². The molecule has 0 aliphatic carbocycles. The van der Waals surface area contributed by atoms with Crippen LogP contribution in [0.15, 0.2) is 59.5 Å². The van der Waals surface area contributed by atoms with Gasteiger partial charge in [-0.05, 0) is 61.0 Å². The van der Waals surface area contributed by atoms with Gasteiger partial charge in [0.15, 0.2) is 0 Å². The highest BCUT2D eigenvalue weighted by Crippen LogP contribution is 2.44. The molecule has 232 valence electrons. The van der Waals surface area contributed by atoms with Gasteiger partial charge < -0.3 is 9.64 Å². The molecule has 0 spiro atoms. The molecule has 0 N–H and O–H groups in total. The minimum Gasteiger partial charge on any atom is -0.362 e. The van der Waals surface area contributed by atoms with E-state index in [1.807, 2.05) is 0 Å². The zero-order valence-electron chi connectivity index (χ0n) is 21.8. The van der Waals surface area contributed by atoms with E-state index in [4.69, 9.17) is 43.7 Å². The van der Waals surface area contributed by atoms with Gasteiger partial charge in [-0.3, -0.25) is 8.98 Å². The normalized spacial score (nSPS) is 18.1. The van der Waals surface area contributed by atoms with Gasteiger partial charge in [0, 0.05) is 22.7 Å². The molecule has 0 aromatic heterocycles. The van der Waals surface area contributed by atoms with Crippen molar-refractivity contribution < 1.29 is 48.5 Å². The van der Waals surface area contributed by atoms with Crippen molar-refractivity contribution in [3.63, 3.8) is 0 Å². The van der Waals surface area contributed by atoms with Gasteiger partial charge in [0.2, 0.25) is 0 Å². The van der Waals surface area contributed by atoms with Crippen LogP contribution in [0.5, 0.6) is 0 Å². The van der Waals surface area contributed by atoms with E-state index in [1.54, 1.807) is 0 Å². The SMILES string of the molecule is CCOS(=O)(=O)c1ccc(Cl)cc1C1(c2ccc(Cl)c(Cl)c2)CN(C(=O)c2cc(C(F)(F)F)cc(C(F)(F)F)c2)CCO1. The maximum absolute atomic E-state index is 13.6. The first kappa shape index (κ1) is 33.3. The number of carbonyl (C=O) groups excluding carboxylic acids is 1. The Morgan fingerprint density at radius 3 is 2.12 bits per heavy atom. The number of hydrogen-bond acceptors (Lipinski definition) is 5. The second-order valence-electron chi connectivity index (χ2n) is 9.33. The minimum atomic E-state index is -5.19. The number of amides is 1. The fraction of sp³-hybridized carbons (Fsp3) is 0.296. The summed E-state index contributed by atoms with van der Waals surface area (Å²) in [7, 11) is -4.46. The molecule has 1 aliphatic rings. The molecule has 1 unspecified atom stereocenters. The highest BCUT2D eigenvalue weighted by molar-refractivity contribution is 7.86. The van der Waals surface area contributed by atoms with Crippen molar-refractivity contribution in [2.24, 2.45) is 0 Å². The van der Waals surface area contributed by atoms with Crippen LogP contribution in [0.2, 0.25) is 15.1 Å². The number of rotatable bonds is 6. The Hall–Kier alpha value is -2.55. The van der Waals surface area contributed by atoms with Crippen molar-refractivity contribution in [1.82, 2.24) is 4.90 Å². The van der Waals surface area contributed by atoms with Gasteiger partial charge in [-0.1, -0.05) is 40.9 Å². The molecule has 1 fully saturated rings. The lowest BCUT2D eigenvalue weighted by molar-refractivity contribution is -0.143. The summed E-state index contributed by atoms with van der Waals surface area (Å²) in [5.74, 6) is -1.19. The van der Waals surface area contributed by atoms with Gasteiger partial charge in [-0.2, -0.15) is 34.8 Å². The molecule has 4 rings (SSSR count). The van der Waals surface area contributed by atoms with Crippen LogP contribution < -0.4 is 0 Å². The predicted molar refractivity (Wildman–Crippen MR) is 146 cm³/mol. The minimum absolute atomic E-state index is 0.00883. The van der Waals surface area contributed by atoms with E-state index < -0.39 is 62.1 Å². The van der Waals surface area contributed by atoms with Crippen molar-refractivity contribution in [2.75, 3.05) is 26.3 Å². The Morgan fingerprint density at radius 1 is 0.930 bits per heavy atom. The molecule has 3 aromatic rings. The van der Waals surface area contributed by atoms with E-state index in [0.29, 0.717) is 12.1 Å². The summed E-state index contributed by atoms with van der Waals surface area (Å²) in [4.78, 5) is 14.2. The molecular weight excluding hydrogens is 671 g/mol. The lowest BCUT2D eigenvalue weighted by Crippen LogP contribution is -2.53. The Bertz CT molecular complexity index is 1630. The first-order valence-corrected chi connectivity index (χ1v) is 14.8. The number of nitrogens with zero attached hydrogens (tertiary/aromatic N) is 1. The van der Waals surface area contributed by atoms with E-state index in [0.717, 1.165) is 11.0 Å². The zero-order valence-corrected chi connectivity index (χ0v) is 24.9. The third-order valence-corrected chi connectivity index (χ3v) is 8.96. The molecule has 6 nitrogen and oxygen atoms in total. The highest BCUT2D eigenvalue weighted by Gasteiger charge is 2.46. The average Bonchev–Trinajstić information content (AvgIpc) is 2.92. The second kappa shape index (κ2) is 12.1. The highest BCUT2D eigenvalue weighted by atomic mass is 35.5. The number of ether oxygens (including phenoxy) is 1. The van der Waals surface area contributed by atoms with Crippen LogP contribution in [-0.2, 0) is 37.0 Å². The molecule has 1 saturated heterocycles. The summed E-state index contributed by atoms with van der Waals surface area (Å²) in [5, 5.41) is 0.167. The van der Waals surface area contributed by atoms with Crippen LogP contribution in [0, 0.1) is 0 Å². The summed E-state index contributed by atoms with van der Waals surface area (Å²) >= 11 is 18.6. The molecule has 43 heavy (non-hydrogen) atoms. The van der Waals surface area contributed by atoms with Crippen LogP contribution in [0.3, 0.4) is 0 Å². The molecule has 1 atom stereocenters. The van der Waals surface area contributed by atoms with E-state index in [2.05, 4.69) is 0 Å². The Balaban J connectivity index is 1.93. The first-order chi connectivity index (χ1) is 19.9. The van der Waals surface area contributed by atoms with Crippen molar-refractivity contribution in [3.8, 4) is 0 Å². The van der Waals surface area contributed by atoms with E-state index in [1.165, 1.54) is 37.3 Å². The van der Waals surface area contributed by atoms with E-state index in [-0.39, 0.29) is 52.0 Å². The number of halogens is 9. The Labute approximate surface area is 257 Å². The van der Waals surface area contributed by atoms with Crippen LogP contribution >= 0.6 is 34.8 Å². The molecule has 1 heterocycles. The maximum Gasteiger partial charge on any atom is 0.416 e. The van der Waals surface area contributed by atoms with Crippen molar-refractivity contribution >= 4 is 50.8 Å². The quantitative estimate of drug-likeness (QED) is 0.195. The molecule has 16 heteroatoms. The molecule has 1 amide bonds. The van der Waals surface area contributed by atoms with Gasteiger partial charge in [-0.25, -0.2) is 0 Å². The Kier molecular flexibility index (Phi) is 9.38. The van der Waals surface area contributed by atoms with Gasteiger partial charge in [0.25, 0.3) is 16.0 Å². The van der Waals surface area contributed by atoms with Crippen LogP contribution in [0.25, 0.3) is 0 Å². The first-order valence-electron chi connectivity index (χ1n) is 12.3. The smallest absolute Gasteiger partial charge is 0.362 e. The third-order valence-electron chi connectivity index (χ3n) is 6.55. The summed E-state index contributed by atoms with van der Waals surface area (Å²) in [6.07, 6.45) is -10.4. The molecule has 0 bridgehead atoms. The molecular formula is C27H20Cl3F6NO5S. The number of alkyl halides is 6. The van der Waals surface area contributed by atoms with E-state index >= 15 is 0 Å². The number of morpholine rings is 1. The average molecular weight is 691 g/mol. The predicted octanol–water partition coefficient (Wildman–Crippen LogP) is 7.83. The lowest BCUT2D eigenvalue weighted by Gasteiger charge is -2.44. The summed E-state index contributed by atoms with van der Waals surface area (Å²) < 4.78 is 119. The summed E-state index contributed by atoms with van der Waals surface area (Å²) in [6.45, 7) is 0.0259. The lowest BCUT2D eigenvalue weighted by atomic mass is 9.84. The third kappa shape index (κ3) is 6.91. The van der Waals surface area contributed by atoms with Crippen LogP contribution in [0.1, 0.15) is 39.5 Å². The summed E-state index contributed by atoms with van der Waals surface area (Å²) in [6, 6.07) is 8.34. The van der Waals surface area contributed by atoms with Gasteiger partial charge in [-0.15, -0.1) is 0 Å². The molecule has 1 aliphatic heterocycles. The van der Waals surface area contributed by atoms with Crippen LogP contribution in [0.4, 0.5) is 26.3 Å². The largest absolute Gasteiger partial charge is 0.416 e. The number of carbonyl (C=O) groups is 1. The van der Waals surface area contributed by atoms with E-state index in [9.17, 15) is 39.6 Å². The van der Waals surface area contributed by atoms with Crippen molar-refractivity contribution in [3.05, 3.63) is 97.5 Å². The molecule has 0 radical (unpaired) electrons. The monoisotopic (exact) mass is 689 g/mol. The van der Waals surface area contributed by atoms with Crippen molar-refractivity contribution in [2.45, 2.75) is 29.8 Å². The second-order valence-corrected chi connectivity index (χ2v) is 12.2. The fourth-order valence-corrected chi connectivity index (χ4v) is 6.29. The maximum atomic E-state index is 13.6. The Morgan fingerprint density at radius 2 is 1.56 bits per heavy atom. The number of benzene rings is 3. The number of hydrogen-bond donors (Lipinski definition) is 0. The molecule has 3 aromatic carbocycles. The van der Waals surface area contributed by atoms with Gasteiger partial charge in [0.1, 0.15) is 10.5 Å². The van der Waals surface area contributed by atoms with Crippen molar-refractivity contribution in [1.29, 1.82) is 0 Å². The standard InChI is InChI=1S/C27H20Cl3F6NO5S/c1-2-42-43(39,40)23-6-4-19(28)13-20(23)25(16-3-5-21(29)22(30)12-16)14-37(7-8-41-25)24(38)15-9-17(26(31,32)33)11-18(10-15)27(34,35)36/h3-6,9-13H,2,7-8,14H2,1H3.